The van der Waals surface area contributed by atoms with Crippen LogP contribution in [0.3, 0.4) is 0 Å². The van der Waals surface area contributed by atoms with Gasteiger partial charge in [0.2, 0.25) is 5.91 Å². The lowest BCUT2D eigenvalue weighted by molar-refractivity contribution is -0.122. The summed E-state index contributed by atoms with van der Waals surface area (Å²) < 4.78 is 0. The van der Waals surface area contributed by atoms with Crippen LogP contribution in [0.5, 0.6) is 0 Å². The molecule has 0 aromatic heterocycles. The molecule has 5 heteroatoms. The second-order valence-electron chi connectivity index (χ2n) is 7.26. The number of fused-ring (bicyclic) bond motifs is 1. The maximum atomic E-state index is 12.4. The van der Waals surface area contributed by atoms with Crippen LogP contribution in [0, 0.1) is 0 Å². The smallest absolute Gasteiger partial charge is 0.220 e. The Kier molecular flexibility index (Phi) is 7.45. The third-order valence-corrected chi connectivity index (χ3v) is 5.24. The van der Waals surface area contributed by atoms with E-state index in [2.05, 4.69) is 23.6 Å². The van der Waals surface area contributed by atoms with Crippen LogP contribution >= 0.6 is 12.4 Å². The Morgan fingerprint density at radius 3 is 2.68 bits per heavy atom. The van der Waals surface area contributed by atoms with E-state index < -0.39 is 0 Å². The maximum absolute atomic E-state index is 12.4. The van der Waals surface area contributed by atoms with Crippen LogP contribution < -0.4 is 10.6 Å². The first kappa shape index (κ1) is 19.9. The fraction of sp³-hybridized carbons (Fsp3) is 0.600. The summed E-state index contributed by atoms with van der Waals surface area (Å²) in [5.74, 6) is 0.0811. The minimum Gasteiger partial charge on any atom is -0.353 e. The molecular weight excluding hydrogens is 336 g/mol. The predicted molar refractivity (Wildman–Crippen MR) is 103 cm³/mol. The zero-order valence-electron chi connectivity index (χ0n) is 15.0. The van der Waals surface area contributed by atoms with Crippen LogP contribution in [0.25, 0.3) is 0 Å². The fourth-order valence-electron chi connectivity index (χ4n) is 3.84. The molecule has 1 aromatic rings. The largest absolute Gasteiger partial charge is 0.353 e. The molecule has 1 amide bonds. The molecule has 2 aliphatic rings. The van der Waals surface area contributed by atoms with Crippen molar-refractivity contribution in [3.05, 3.63) is 34.9 Å². The highest BCUT2D eigenvalue weighted by atomic mass is 35.5. The van der Waals surface area contributed by atoms with E-state index >= 15 is 0 Å². The zero-order chi connectivity index (χ0) is 16.9. The standard InChI is InChI=1S/C20H28N2O2.ClH/c1-14-12-18(10-11-21-14)22-20(24)9-8-19(23)17-7-6-15-4-2-3-5-16(15)13-17;/h6-7,13-14,18,21H,2-5,8-12H2,1H3,(H,22,24);1H. The van der Waals surface area contributed by atoms with Gasteiger partial charge in [-0.1, -0.05) is 12.1 Å². The Hall–Kier alpha value is -1.39. The Bertz CT molecular complexity index is 618. The second-order valence-corrected chi connectivity index (χ2v) is 7.26. The number of nitrogens with one attached hydrogen (secondary N) is 2. The van der Waals surface area contributed by atoms with Gasteiger partial charge >= 0.3 is 0 Å². The van der Waals surface area contributed by atoms with E-state index in [1.807, 2.05) is 12.1 Å². The third kappa shape index (κ3) is 5.55. The molecule has 2 unspecified atom stereocenters. The fourth-order valence-corrected chi connectivity index (χ4v) is 3.84. The van der Waals surface area contributed by atoms with Gasteiger partial charge in [-0.2, -0.15) is 0 Å². The third-order valence-electron chi connectivity index (χ3n) is 5.24. The molecule has 0 bridgehead atoms. The van der Waals surface area contributed by atoms with E-state index in [0.29, 0.717) is 12.5 Å². The summed E-state index contributed by atoms with van der Waals surface area (Å²) in [6.45, 7) is 3.08. The lowest BCUT2D eigenvalue weighted by Gasteiger charge is -2.28. The van der Waals surface area contributed by atoms with Gasteiger partial charge in [0.05, 0.1) is 0 Å². The van der Waals surface area contributed by atoms with Crippen LogP contribution in [0.15, 0.2) is 18.2 Å². The number of carbonyl (C=O) groups excluding carboxylic acids is 2. The van der Waals surface area contributed by atoms with Crippen molar-refractivity contribution >= 4 is 24.1 Å². The number of benzene rings is 1. The minimum absolute atomic E-state index is 0. The monoisotopic (exact) mass is 364 g/mol. The molecule has 4 nitrogen and oxygen atoms in total. The quantitative estimate of drug-likeness (QED) is 0.789. The van der Waals surface area contributed by atoms with Crippen molar-refractivity contribution in [2.24, 2.45) is 0 Å². The summed E-state index contributed by atoms with van der Waals surface area (Å²) in [5.41, 5.74) is 3.47. The molecule has 3 rings (SSSR count). The highest BCUT2D eigenvalue weighted by Crippen LogP contribution is 2.23. The van der Waals surface area contributed by atoms with Crippen molar-refractivity contribution in [3.8, 4) is 0 Å². The highest BCUT2D eigenvalue weighted by molar-refractivity contribution is 5.98. The highest BCUT2D eigenvalue weighted by Gasteiger charge is 2.20. The Labute approximate surface area is 156 Å². The number of rotatable bonds is 5. The number of amides is 1. The first-order valence-electron chi connectivity index (χ1n) is 9.29. The molecule has 1 heterocycles. The molecule has 0 saturated carbocycles. The van der Waals surface area contributed by atoms with Crippen molar-refractivity contribution in [3.63, 3.8) is 0 Å². The summed E-state index contributed by atoms with van der Waals surface area (Å²) in [6, 6.07) is 6.76. The van der Waals surface area contributed by atoms with Crippen molar-refractivity contribution in [1.82, 2.24) is 10.6 Å². The van der Waals surface area contributed by atoms with Gasteiger partial charge in [0.1, 0.15) is 0 Å². The Balaban J connectivity index is 0.00000225. The van der Waals surface area contributed by atoms with E-state index in [4.69, 9.17) is 0 Å². The number of halogens is 1. The number of Topliss-reactive ketones (excluding diaryl/α,β-unsaturated/α-hetero) is 1. The van der Waals surface area contributed by atoms with Gasteiger partial charge in [0.25, 0.3) is 0 Å². The number of carbonyl (C=O) groups is 2. The average Bonchev–Trinajstić information content (AvgIpc) is 2.59. The van der Waals surface area contributed by atoms with E-state index in [1.165, 1.54) is 24.0 Å². The summed E-state index contributed by atoms with van der Waals surface area (Å²) in [5, 5.41) is 6.45. The van der Waals surface area contributed by atoms with Crippen LogP contribution in [0.2, 0.25) is 0 Å². The Morgan fingerprint density at radius 2 is 1.92 bits per heavy atom. The van der Waals surface area contributed by atoms with Gasteiger partial charge in [-0.05, 0) is 69.2 Å². The number of hydrogen-bond acceptors (Lipinski definition) is 3. The SMILES string of the molecule is CC1CC(NC(=O)CCC(=O)c2ccc3c(c2)CCCC3)CCN1.Cl. The number of hydrogen-bond donors (Lipinski definition) is 2. The van der Waals surface area contributed by atoms with Crippen molar-refractivity contribution in [2.75, 3.05) is 6.54 Å². The normalized spacial score (nSPS) is 22.4. The van der Waals surface area contributed by atoms with Crippen molar-refractivity contribution in [2.45, 2.75) is 70.4 Å². The predicted octanol–water partition coefficient (Wildman–Crippen LogP) is 3.21. The molecule has 2 N–H and O–H groups in total. The Morgan fingerprint density at radius 1 is 1.16 bits per heavy atom. The van der Waals surface area contributed by atoms with Gasteiger partial charge in [-0.25, -0.2) is 0 Å². The first-order chi connectivity index (χ1) is 11.6. The van der Waals surface area contributed by atoms with Crippen LogP contribution in [-0.2, 0) is 17.6 Å². The van der Waals surface area contributed by atoms with Crippen LogP contribution in [0.1, 0.15) is 66.9 Å². The summed E-state index contributed by atoms with van der Waals surface area (Å²) in [7, 11) is 0. The molecule has 2 atom stereocenters. The van der Waals surface area contributed by atoms with E-state index in [1.54, 1.807) is 0 Å². The molecule has 0 radical (unpaired) electrons. The molecule has 1 aliphatic carbocycles. The summed E-state index contributed by atoms with van der Waals surface area (Å²) >= 11 is 0. The summed E-state index contributed by atoms with van der Waals surface area (Å²) in [4.78, 5) is 24.5. The van der Waals surface area contributed by atoms with Crippen LogP contribution in [0.4, 0.5) is 0 Å². The maximum Gasteiger partial charge on any atom is 0.220 e. The molecule has 0 spiro atoms. The lowest BCUT2D eigenvalue weighted by atomic mass is 9.89. The zero-order valence-corrected chi connectivity index (χ0v) is 15.8. The van der Waals surface area contributed by atoms with Gasteiger partial charge in [-0.3, -0.25) is 9.59 Å². The van der Waals surface area contributed by atoms with Gasteiger partial charge in [0, 0.05) is 30.5 Å². The molecule has 1 saturated heterocycles. The van der Waals surface area contributed by atoms with Gasteiger partial charge in [-0.15, -0.1) is 12.4 Å². The number of ketones is 1. The minimum atomic E-state index is 0. The topological polar surface area (TPSA) is 58.2 Å². The molecule has 1 aromatic carbocycles. The molecule has 138 valence electrons. The molecule has 1 aliphatic heterocycles. The van der Waals surface area contributed by atoms with Gasteiger partial charge < -0.3 is 10.6 Å². The number of aryl methyl sites for hydroxylation is 2. The van der Waals surface area contributed by atoms with E-state index in [9.17, 15) is 9.59 Å². The molecule has 25 heavy (non-hydrogen) atoms. The average molecular weight is 365 g/mol. The van der Waals surface area contributed by atoms with Crippen molar-refractivity contribution < 1.29 is 9.59 Å². The number of piperidine rings is 1. The lowest BCUT2D eigenvalue weighted by Crippen LogP contribution is -2.46. The molecule has 1 fully saturated rings. The first-order valence-corrected chi connectivity index (χ1v) is 9.29. The molecular formula is C20H29ClN2O2. The summed E-state index contributed by atoms with van der Waals surface area (Å²) in [6.07, 6.45) is 7.17. The second kappa shape index (κ2) is 9.35. The van der Waals surface area contributed by atoms with Crippen molar-refractivity contribution in [1.29, 1.82) is 0 Å². The van der Waals surface area contributed by atoms with E-state index in [0.717, 1.165) is 37.8 Å². The van der Waals surface area contributed by atoms with Crippen LogP contribution in [-0.4, -0.2) is 30.3 Å². The van der Waals surface area contributed by atoms with E-state index in [-0.39, 0.29) is 36.6 Å². The van der Waals surface area contributed by atoms with Gasteiger partial charge in [0.15, 0.2) is 5.78 Å².